The lowest BCUT2D eigenvalue weighted by Gasteiger charge is -2.24. The Morgan fingerprint density at radius 1 is 1.20 bits per heavy atom. The summed E-state index contributed by atoms with van der Waals surface area (Å²) in [7, 11) is 1.61. The molecule has 0 saturated heterocycles. The number of hydrogen-bond donors (Lipinski definition) is 1. The van der Waals surface area contributed by atoms with Gasteiger partial charge in [-0.3, -0.25) is 0 Å². The standard InChI is InChI=1S/C23H23ClN4O2/c1-30-12-11-28(23(29)26-21-8-3-5-18(14-21)15-25)17-22-9-4-10-27(22)16-19-6-2-7-20(24)13-19/h2-10,13-14H,11-12,16-17H2,1H3,(H,26,29). The number of ether oxygens (including phenoxy) is 1. The van der Waals surface area contributed by atoms with Crippen LogP contribution < -0.4 is 5.32 Å². The topological polar surface area (TPSA) is 70.3 Å². The van der Waals surface area contributed by atoms with Crippen LogP contribution in [0.2, 0.25) is 5.02 Å². The van der Waals surface area contributed by atoms with Crippen LogP contribution in [0.1, 0.15) is 16.8 Å². The Morgan fingerprint density at radius 3 is 2.80 bits per heavy atom. The van der Waals surface area contributed by atoms with E-state index in [1.807, 2.05) is 42.6 Å². The number of halogens is 1. The van der Waals surface area contributed by atoms with Crippen molar-refractivity contribution < 1.29 is 9.53 Å². The van der Waals surface area contributed by atoms with E-state index in [1.165, 1.54) is 0 Å². The van der Waals surface area contributed by atoms with Crippen molar-refractivity contribution >= 4 is 23.3 Å². The highest BCUT2D eigenvalue weighted by atomic mass is 35.5. The number of nitriles is 1. The maximum Gasteiger partial charge on any atom is 0.322 e. The van der Waals surface area contributed by atoms with Gasteiger partial charge in [-0.1, -0.05) is 29.8 Å². The number of nitrogens with one attached hydrogen (secondary N) is 1. The van der Waals surface area contributed by atoms with Crippen molar-refractivity contribution in [3.63, 3.8) is 0 Å². The second kappa shape index (κ2) is 10.5. The van der Waals surface area contributed by atoms with E-state index in [4.69, 9.17) is 21.6 Å². The number of carbonyl (C=O) groups excluding carboxylic acids is 1. The highest BCUT2D eigenvalue weighted by Crippen LogP contribution is 2.16. The fourth-order valence-electron chi connectivity index (χ4n) is 3.10. The molecule has 0 aliphatic heterocycles. The number of benzene rings is 2. The third-order valence-corrected chi connectivity index (χ3v) is 4.85. The summed E-state index contributed by atoms with van der Waals surface area (Å²) >= 11 is 6.10. The van der Waals surface area contributed by atoms with E-state index in [1.54, 1.807) is 36.3 Å². The normalized spacial score (nSPS) is 10.4. The maximum absolute atomic E-state index is 12.9. The summed E-state index contributed by atoms with van der Waals surface area (Å²) < 4.78 is 7.27. The van der Waals surface area contributed by atoms with E-state index < -0.39 is 0 Å². The van der Waals surface area contributed by atoms with Crippen LogP contribution in [-0.2, 0) is 17.8 Å². The molecule has 0 radical (unpaired) electrons. The first kappa shape index (κ1) is 21.4. The number of hydrogen-bond acceptors (Lipinski definition) is 3. The highest BCUT2D eigenvalue weighted by molar-refractivity contribution is 6.30. The predicted molar refractivity (Wildman–Crippen MR) is 117 cm³/mol. The van der Waals surface area contributed by atoms with E-state index >= 15 is 0 Å². The van der Waals surface area contributed by atoms with Gasteiger partial charge < -0.3 is 19.5 Å². The van der Waals surface area contributed by atoms with Crippen LogP contribution in [0.4, 0.5) is 10.5 Å². The van der Waals surface area contributed by atoms with Crippen LogP contribution in [-0.4, -0.2) is 35.8 Å². The fourth-order valence-corrected chi connectivity index (χ4v) is 3.31. The second-order valence-corrected chi connectivity index (χ2v) is 7.23. The molecule has 0 bridgehead atoms. The summed E-state index contributed by atoms with van der Waals surface area (Å²) in [6, 6.07) is 20.3. The number of methoxy groups -OCH3 is 1. The Balaban J connectivity index is 1.74. The third-order valence-electron chi connectivity index (χ3n) is 4.61. The van der Waals surface area contributed by atoms with Crippen LogP contribution in [0.5, 0.6) is 0 Å². The summed E-state index contributed by atoms with van der Waals surface area (Å²) in [5, 5.41) is 12.6. The summed E-state index contributed by atoms with van der Waals surface area (Å²) in [6.07, 6.45) is 1.99. The van der Waals surface area contributed by atoms with Gasteiger partial charge in [0, 0.05) is 42.8 Å². The first-order valence-corrected chi connectivity index (χ1v) is 9.90. The molecule has 0 aliphatic rings. The average Bonchev–Trinajstić information content (AvgIpc) is 3.17. The van der Waals surface area contributed by atoms with E-state index in [0.717, 1.165) is 11.3 Å². The zero-order valence-electron chi connectivity index (χ0n) is 16.7. The molecule has 1 aromatic heterocycles. The van der Waals surface area contributed by atoms with Crippen molar-refractivity contribution in [1.29, 1.82) is 5.26 Å². The first-order chi connectivity index (χ1) is 14.6. The van der Waals surface area contributed by atoms with Crippen molar-refractivity contribution in [1.82, 2.24) is 9.47 Å². The molecular formula is C23H23ClN4O2. The summed E-state index contributed by atoms with van der Waals surface area (Å²) in [4.78, 5) is 14.6. The number of nitrogens with zero attached hydrogens (tertiary/aromatic N) is 3. The lowest BCUT2D eigenvalue weighted by Crippen LogP contribution is -2.37. The maximum atomic E-state index is 12.9. The Labute approximate surface area is 181 Å². The monoisotopic (exact) mass is 422 g/mol. The van der Waals surface area contributed by atoms with Gasteiger partial charge in [-0.25, -0.2) is 4.79 Å². The highest BCUT2D eigenvalue weighted by Gasteiger charge is 2.16. The van der Waals surface area contributed by atoms with Gasteiger partial charge >= 0.3 is 6.03 Å². The zero-order valence-corrected chi connectivity index (χ0v) is 17.5. The van der Waals surface area contributed by atoms with Gasteiger partial charge in [0.05, 0.1) is 24.8 Å². The number of aromatic nitrogens is 1. The molecule has 3 aromatic rings. The van der Waals surface area contributed by atoms with Crippen LogP contribution in [0.3, 0.4) is 0 Å². The Kier molecular flexibility index (Phi) is 7.50. The second-order valence-electron chi connectivity index (χ2n) is 6.79. The molecule has 0 atom stereocenters. The average molecular weight is 423 g/mol. The van der Waals surface area contributed by atoms with E-state index in [-0.39, 0.29) is 6.03 Å². The minimum atomic E-state index is -0.252. The number of carbonyl (C=O) groups is 1. The minimum Gasteiger partial charge on any atom is -0.383 e. The quantitative estimate of drug-likeness (QED) is 0.569. The molecule has 0 saturated carbocycles. The van der Waals surface area contributed by atoms with E-state index in [0.29, 0.717) is 42.5 Å². The SMILES string of the molecule is COCCN(Cc1cccn1Cc1cccc(Cl)c1)C(=O)Nc1cccc(C#N)c1. The van der Waals surface area contributed by atoms with Crippen molar-refractivity contribution in [3.8, 4) is 6.07 Å². The van der Waals surface area contributed by atoms with Crippen molar-refractivity contribution in [2.24, 2.45) is 0 Å². The molecule has 0 fully saturated rings. The summed E-state index contributed by atoms with van der Waals surface area (Å²) in [5.41, 5.74) is 3.15. The largest absolute Gasteiger partial charge is 0.383 e. The van der Waals surface area contributed by atoms with Gasteiger partial charge in [0.15, 0.2) is 0 Å². The van der Waals surface area contributed by atoms with Gasteiger partial charge in [0.2, 0.25) is 0 Å². The van der Waals surface area contributed by atoms with Crippen LogP contribution >= 0.6 is 11.6 Å². The van der Waals surface area contributed by atoms with Crippen LogP contribution in [0, 0.1) is 11.3 Å². The number of anilines is 1. The fraction of sp³-hybridized carbons (Fsp3) is 0.217. The number of rotatable bonds is 8. The predicted octanol–water partition coefficient (Wildman–Crippen LogP) is 4.74. The molecular weight excluding hydrogens is 400 g/mol. The molecule has 0 spiro atoms. The molecule has 154 valence electrons. The lowest BCUT2D eigenvalue weighted by molar-refractivity contribution is 0.152. The Morgan fingerprint density at radius 2 is 2.03 bits per heavy atom. The molecule has 30 heavy (non-hydrogen) atoms. The molecule has 0 aliphatic carbocycles. The van der Waals surface area contributed by atoms with Crippen molar-refractivity contribution in [3.05, 3.63) is 88.7 Å². The minimum absolute atomic E-state index is 0.252. The molecule has 7 heteroatoms. The van der Waals surface area contributed by atoms with Crippen molar-refractivity contribution in [2.75, 3.05) is 25.6 Å². The van der Waals surface area contributed by atoms with Gasteiger partial charge in [-0.05, 0) is 48.0 Å². The van der Waals surface area contributed by atoms with Gasteiger partial charge in [-0.2, -0.15) is 5.26 Å². The molecule has 2 aromatic carbocycles. The summed E-state index contributed by atoms with van der Waals surface area (Å²) in [5.74, 6) is 0. The smallest absolute Gasteiger partial charge is 0.322 e. The number of urea groups is 1. The van der Waals surface area contributed by atoms with Gasteiger partial charge in [0.1, 0.15) is 0 Å². The lowest BCUT2D eigenvalue weighted by atomic mass is 10.2. The molecule has 0 unspecified atom stereocenters. The molecule has 6 nitrogen and oxygen atoms in total. The molecule has 1 heterocycles. The number of amides is 2. The molecule has 1 N–H and O–H groups in total. The van der Waals surface area contributed by atoms with Crippen LogP contribution in [0.25, 0.3) is 0 Å². The first-order valence-electron chi connectivity index (χ1n) is 9.52. The van der Waals surface area contributed by atoms with Crippen molar-refractivity contribution in [2.45, 2.75) is 13.1 Å². The zero-order chi connectivity index (χ0) is 21.3. The Bertz CT molecular complexity index is 1040. The van der Waals surface area contributed by atoms with E-state index in [9.17, 15) is 4.79 Å². The Hall–Kier alpha value is -3.27. The summed E-state index contributed by atoms with van der Waals surface area (Å²) in [6.45, 7) is 1.93. The molecule has 2 amide bonds. The van der Waals surface area contributed by atoms with Gasteiger partial charge in [-0.15, -0.1) is 0 Å². The van der Waals surface area contributed by atoms with E-state index in [2.05, 4.69) is 16.0 Å². The molecule has 3 rings (SSSR count). The third kappa shape index (κ3) is 5.86. The van der Waals surface area contributed by atoms with Gasteiger partial charge in [0.25, 0.3) is 0 Å². The van der Waals surface area contributed by atoms with Crippen LogP contribution in [0.15, 0.2) is 66.9 Å².